The molecule has 24 heavy (non-hydrogen) atoms. The maximum atomic E-state index is 11.7. The number of carbonyl (C=O) groups excluding carboxylic acids is 1. The van der Waals surface area contributed by atoms with Gasteiger partial charge in [-0.25, -0.2) is 5.43 Å². The van der Waals surface area contributed by atoms with Crippen LogP contribution in [-0.2, 0) is 4.79 Å². The smallest absolute Gasteiger partial charge is 0.240 e. The normalized spacial score (nSPS) is 11.0. The summed E-state index contributed by atoms with van der Waals surface area (Å²) >= 11 is 0. The third-order valence-corrected chi connectivity index (χ3v) is 4.12. The number of hydrogen-bond acceptors (Lipinski definition) is 3. The molecule has 0 fully saturated rings. The van der Waals surface area contributed by atoms with Crippen molar-refractivity contribution in [3.05, 3.63) is 30.1 Å². The number of hydrazone groups is 1. The predicted molar refractivity (Wildman–Crippen MR) is 101 cm³/mol. The van der Waals surface area contributed by atoms with Crippen LogP contribution in [-0.4, -0.2) is 17.1 Å². The van der Waals surface area contributed by atoms with Gasteiger partial charge in [-0.2, -0.15) is 5.10 Å². The third-order valence-electron chi connectivity index (χ3n) is 4.12. The Balaban J connectivity index is 1.88. The number of unbranched alkanes of at least 4 members (excludes halogenated alkanes) is 10. The first-order valence-corrected chi connectivity index (χ1v) is 9.55. The maximum Gasteiger partial charge on any atom is 0.240 e. The Kier molecular flexibility index (Phi) is 12.6. The van der Waals surface area contributed by atoms with Crippen LogP contribution in [0.3, 0.4) is 0 Å². The van der Waals surface area contributed by atoms with E-state index >= 15 is 0 Å². The Bertz CT molecular complexity index is 445. The fraction of sp³-hybridized carbons (Fsp3) is 0.650. The van der Waals surface area contributed by atoms with E-state index in [4.69, 9.17) is 0 Å². The molecule has 0 bridgehead atoms. The lowest BCUT2D eigenvalue weighted by Crippen LogP contribution is -2.16. The molecule has 0 aliphatic heterocycles. The molecule has 1 N–H and O–H groups in total. The first-order chi connectivity index (χ1) is 11.8. The summed E-state index contributed by atoms with van der Waals surface area (Å²) in [5.74, 6) is -0.00349. The summed E-state index contributed by atoms with van der Waals surface area (Å²) in [7, 11) is 0. The van der Waals surface area contributed by atoms with Crippen LogP contribution < -0.4 is 5.43 Å². The molecule has 0 atom stereocenters. The van der Waals surface area contributed by atoms with Gasteiger partial charge in [-0.05, 0) is 24.1 Å². The fourth-order valence-electron chi connectivity index (χ4n) is 2.63. The molecule has 0 aromatic carbocycles. The number of carbonyl (C=O) groups is 1. The van der Waals surface area contributed by atoms with E-state index in [1.165, 1.54) is 57.8 Å². The van der Waals surface area contributed by atoms with Crippen LogP contribution in [0.5, 0.6) is 0 Å². The van der Waals surface area contributed by atoms with E-state index < -0.39 is 0 Å². The highest BCUT2D eigenvalue weighted by Crippen LogP contribution is 2.11. The van der Waals surface area contributed by atoms with Gasteiger partial charge in [0.15, 0.2) is 0 Å². The minimum absolute atomic E-state index is 0.00349. The van der Waals surface area contributed by atoms with Crippen LogP contribution in [0.4, 0.5) is 0 Å². The number of nitrogens with one attached hydrogen (secondary N) is 1. The molecule has 134 valence electrons. The Morgan fingerprint density at radius 2 is 1.50 bits per heavy atom. The molecule has 4 nitrogen and oxygen atoms in total. The average Bonchev–Trinajstić information content (AvgIpc) is 2.60. The highest BCUT2D eigenvalue weighted by Gasteiger charge is 1.99. The zero-order chi connectivity index (χ0) is 17.3. The van der Waals surface area contributed by atoms with Gasteiger partial charge >= 0.3 is 0 Å². The minimum atomic E-state index is -0.00349. The highest BCUT2D eigenvalue weighted by molar-refractivity contribution is 5.82. The second-order valence-electron chi connectivity index (χ2n) is 6.36. The van der Waals surface area contributed by atoms with Crippen molar-refractivity contribution in [2.24, 2.45) is 5.10 Å². The molecule has 1 aromatic rings. The number of aromatic nitrogens is 1. The molecule has 0 saturated heterocycles. The Hall–Kier alpha value is -1.71. The molecule has 1 rings (SSSR count). The van der Waals surface area contributed by atoms with Crippen LogP contribution in [0.15, 0.2) is 29.6 Å². The van der Waals surface area contributed by atoms with Crippen molar-refractivity contribution in [1.82, 2.24) is 10.4 Å². The van der Waals surface area contributed by atoms with Crippen LogP contribution in [0.25, 0.3) is 0 Å². The summed E-state index contributed by atoms with van der Waals surface area (Å²) in [5, 5.41) is 3.96. The van der Waals surface area contributed by atoms with Gasteiger partial charge in [0.2, 0.25) is 5.91 Å². The summed E-state index contributed by atoms with van der Waals surface area (Å²) in [4.78, 5) is 15.6. The summed E-state index contributed by atoms with van der Waals surface area (Å²) in [6.07, 6.45) is 19.8. The van der Waals surface area contributed by atoms with Gasteiger partial charge in [0.25, 0.3) is 0 Å². The van der Waals surface area contributed by atoms with E-state index in [0.29, 0.717) is 6.42 Å². The zero-order valence-electron chi connectivity index (χ0n) is 15.2. The predicted octanol–water partition coefficient (Wildman–Crippen LogP) is 5.23. The minimum Gasteiger partial charge on any atom is -0.273 e. The SMILES string of the molecule is CCCCCCCCCCCCCC(=O)N/N=C/c1ccncc1. The zero-order valence-corrected chi connectivity index (χ0v) is 15.2. The van der Waals surface area contributed by atoms with Gasteiger partial charge in [0.1, 0.15) is 0 Å². The quantitative estimate of drug-likeness (QED) is 0.288. The fourth-order valence-corrected chi connectivity index (χ4v) is 2.63. The first kappa shape index (κ1) is 20.3. The molecular weight excluding hydrogens is 298 g/mol. The maximum absolute atomic E-state index is 11.7. The molecule has 0 saturated carbocycles. The number of nitrogens with zero attached hydrogens (tertiary/aromatic N) is 2. The topological polar surface area (TPSA) is 54.4 Å². The number of hydrogen-bond donors (Lipinski definition) is 1. The standard InChI is InChI=1S/C20H33N3O/c1-2-3-4-5-6-7-8-9-10-11-12-13-20(24)23-22-18-19-14-16-21-17-15-19/h14-18H,2-13H2,1H3,(H,23,24)/b22-18+. The van der Waals surface area contributed by atoms with E-state index in [0.717, 1.165) is 18.4 Å². The van der Waals surface area contributed by atoms with Gasteiger partial charge in [-0.3, -0.25) is 9.78 Å². The lowest BCUT2D eigenvalue weighted by atomic mass is 10.1. The summed E-state index contributed by atoms with van der Waals surface area (Å²) in [5.41, 5.74) is 3.51. The van der Waals surface area contributed by atoms with Crippen molar-refractivity contribution < 1.29 is 4.79 Å². The van der Waals surface area contributed by atoms with Crippen molar-refractivity contribution in [3.8, 4) is 0 Å². The highest BCUT2D eigenvalue weighted by atomic mass is 16.2. The average molecular weight is 332 g/mol. The summed E-state index contributed by atoms with van der Waals surface area (Å²) in [6, 6.07) is 3.69. The van der Waals surface area contributed by atoms with Gasteiger partial charge in [-0.1, -0.05) is 71.1 Å². The molecule has 0 unspecified atom stereocenters. The number of amides is 1. The third kappa shape index (κ3) is 11.8. The van der Waals surface area contributed by atoms with Crippen LogP contribution in [0, 0.1) is 0 Å². The van der Waals surface area contributed by atoms with Crippen molar-refractivity contribution in [3.63, 3.8) is 0 Å². The second kappa shape index (κ2) is 14.9. The first-order valence-electron chi connectivity index (χ1n) is 9.55. The van der Waals surface area contributed by atoms with E-state index in [2.05, 4.69) is 22.4 Å². The number of rotatable bonds is 14. The van der Waals surface area contributed by atoms with Gasteiger partial charge < -0.3 is 0 Å². The Morgan fingerprint density at radius 1 is 0.958 bits per heavy atom. The lowest BCUT2D eigenvalue weighted by molar-refractivity contribution is -0.121. The summed E-state index contributed by atoms with van der Waals surface area (Å²) < 4.78 is 0. The van der Waals surface area contributed by atoms with E-state index in [-0.39, 0.29) is 5.91 Å². The second-order valence-corrected chi connectivity index (χ2v) is 6.36. The molecule has 1 amide bonds. The van der Waals surface area contributed by atoms with Crippen molar-refractivity contribution in [2.45, 2.75) is 84.0 Å². The molecule has 0 spiro atoms. The van der Waals surface area contributed by atoms with Crippen molar-refractivity contribution >= 4 is 12.1 Å². The van der Waals surface area contributed by atoms with Crippen LogP contribution in [0.1, 0.15) is 89.5 Å². The Labute approximate surface area is 147 Å². The molecular formula is C20H33N3O. The molecule has 0 aliphatic carbocycles. The molecule has 0 radical (unpaired) electrons. The van der Waals surface area contributed by atoms with Gasteiger partial charge in [0, 0.05) is 18.8 Å². The Morgan fingerprint density at radius 3 is 2.08 bits per heavy atom. The molecule has 4 heteroatoms. The summed E-state index contributed by atoms with van der Waals surface area (Å²) in [6.45, 7) is 2.26. The van der Waals surface area contributed by atoms with E-state index in [1.807, 2.05) is 12.1 Å². The van der Waals surface area contributed by atoms with Crippen molar-refractivity contribution in [1.29, 1.82) is 0 Å². The molecule has 1 heterocycles. The molecule has 0 aliphatic rings. The monoisotopic (exact) mass is 331 g/mol. The van der Waals surface area contributed by atoms with E-state index in [9.17, 15) is 4.79 Å². The van der Waals surface area contributed by atoms with Crippen molar-refractivity contribution in [2.75, 3.05) is 0 Å². The van der Waals surface area contributed by atoms with Gasteiger partial charge in [0.05, 0.1) is 6.21 Å². The lowest BCUT2D eigenvalue weighted by Gasteiger charge is -2.02. The molecule has 1 aromatic heterocycles. The van der Waals surface area contributed by atoms with Gasteiger partial charge in [-0.15, -0.1) is 0 Å². The van der Waals surface area contributed by atoms with E-state index in [1.54, 1.807) is 18.6 Å². The number of pyridine rings is 1. The van der Waals surface area contributed by atoms with Crippen LogP contribution in [0.2, 0.25) is 0 Å². The van der Waals surface area contributed by atoms with Crippen LogP contribution >= 0.6 is 0 Å². The largest absolute Gasteiger partial charge is 0.273 e.